The lowest BCUT2D eigenvalue weighted by molar-refractivity contribution is 0.140. The van der Waals surface area contributed by atoms with Gasteiger partial charge in [0.2, 0.25) is 0 Å². The molecule has 4 nitrogen and oxygen atoms in total. The molecule has 0 fully saturated rings. The maximum absolute atomic E-state index is 9.66. The number of aliphatic hydroxyl groups is 1. The highest BCUT2D eigenvalue weighted by molar-refractivity contribution is 6.31. The van der Waals surface area contributed by atoms with Crippen molar-refractivity contribution in [3.05, 3.63) is 58.1 Å². The van der Waals surface area contributed by atoms with Gasteiger partial charge in [-0.1, -0.05) is 17.7 Å². The molecule has 1 aliphatic rings. The largest absolute Gasteiger partial charge is 0.490 e. The minimum atomic E-state index is -0.568. The zero-order valence-corrected chi connectivity index (χ0v) is 11.8. The fraction of sp³-hybridized carbons (Fsp3) is 0.188. The van der Waals surface area contributed by atoms with E-state index in [2.05, 4.69) is 0 Å². The lowest BCUT2D eigenvalue weighted by atomic mass is 10.1. The molecule has 1 heterocycles. The molecule has 0 bridgehead atoms. The monoisotopic (exact) mass is 301 g/mol. The average molecular weight is 302 g/mol. The lowest BCUT2D eigenvalue weighted by Crippen LogP contribution is -1.97. The predicted molar refractivity (Wildman–Crippen MR) is 77.4 cm³/mol. The van der Waals surface area contributed by atoms with E-state index < -0.39 is 6.10 Å². The third-order valence-corrected chi connectivity index (χ3v) is 3.67. The summed E-state index contributed by atoms with van der Waals surface area (Å²) in [6, 6.07) is 12.5. The number of rotatable bonds is 3. The van der Waals surface area contributed by atoms with Gasteiger partial charge >= 0.3 is 0 Å². The number of hydrogen-bond acceptors (Lipinski definition) is 4. The quantitative estimate of drug-likeness (QED) is 0.945. The Kier molecular flexibility index (Phi) is 3.70. The van der Waals surface area contributed by atoms with Crippen LogP contribution >= 0.6 is 11.6 Å². The molecular weight excluding hydrogens is 290 g/mol. The molecule has 1 atom stereocenters. The minimum Gasteiger partial charge on any atom is -0.490 e. The van der Waals surface area contributed by atoms with Crippen molar-refractivity contribution >= 4 is 11.6 Å². The van der Waals surface area contributed by atoms with Gasteiger partial charge in [-0.05, 0) is 24.3 Å². The highest BCUT2D eigenvalue weighted by atomic mass is 35.5. The van der Waals surface area contributed by atoms with Gasteiger partial charge in [-0.15, -0.1) is 0 Å². The van der Waals surface area contributed by atoms with E-state index in [0.717, 1.165) is 11.1 Å². The summed E-state index contributed by atoms with van der Waals surface area (Å²) in [5, 5.41) is 19.0. The number of halogens is 1. The number of nitriles is 1. The predicted octanol–water partition coefficient (Wildman–Crippen LogP) is 3.22. The smallest absolute Gasteiger partial charge is 0.129 e. The second-order valence-corrected chi connectivity index (χ2v) is 5.14. The standard InChI is InChI=1S/C16H12ClNO3/c17-14-5-10(7-18)1-2-11(14)8-20-12-3-4-13-15(19)9-21-16(13)6-12/h1-6,15,19H,8-9H2. The fourth-order valence-corrected chi connectivity index (χ4v) is 2.39. The summed E-state index contributed by atoms with van der Waals surface area (Å²) in [6.07, 6.45) is -0.568. The van der Waals surface area contributed by atoms with Crippen LogP contribution in [0.2, 0.25) is 5.02 Å². The first kappa shape index (κ1) is 13.7. The van der Waals surface area contributed by atoms with Crippen molar-refractivity contribution in [1.82, 2.24) is 0 Å². The molecule has 3 rings (SSSR count). The first-order valence-electron chi connectivity index (χ1n) is 6.43. The summed E-state index contributed by atoms with van der Waals surface area (Å²) < 4.78 is 11.0. The lowest BCUT2D eigenvalue weighted by Gasteiger charge is -2.09. The minimum absolute atomic E-state index is 0.278. The first-order valence-corrected chi connectivity index (χ1v) is 6.81. The summed E-state index contributed by atoms with van der Waals surface area (Å²) in [4.78, 5) is 0. The third-order valence-electron chi connectivity index (χ3n) is 3.32. The Morgan fingerprint density at radius 2 is 2.19 bits per heavy atom. The van der Waals surface area contributed by atoms with Crippen molar-refractivity contribution < 1.29 is 14.6 Å². The van der Waals surface area contributed by atoms with Crippen LogP contribution in [0.15, 0.2) is 36.4 Å². The van der Waals surface area contributed by atoms with E-state index in [0.29, 0.717) is 28.7 Å². The van der Waals surface area contributed by atoms with Crippen LogP contribution in [0, 0.1) is 11.3 Å². The van der Waals surface area contributed by atoms with Crippen molar-refractivity contribution in [2.45, 2.75) is 12.7 Å². The van der Waals surface area contributed by atoms with Gasteiger partial charge in [0.05, 0.1) is 11.6 Å². The Labute approximate surface area is 127 Å². The molecule has 0 amide bonds. The summed E-state index contributed by atoms with van der Waals surface area (Å²) in [5.74, 6) is 1.29. The van der Waals surface area contributed by atoms with Gasteiger partial charge in [0.15, 0.2) is 0 Å². The van der Waals surface area contributed by atoms with E-state index in [4.69, 9.17) is 26.3 Å². The molecule has 0 aromatic heterocycles. The van der Waals surface area contributed by atoms with Crippen molar-refractivity contribution in [2.75, 3.05) is 6.61 Å². The highest BCUT2D eigenvalue weighted by Crippen LogP contribution is 2.35. The van der Waals surface area contributed by atoms with Crippen molar-refractivity contribution in [3.63, 3.8) is 0 Å². The number of ether oxygens (including phenoxy) is 2. The SMILES string of the molecule is N#Cc1ccc(COc2ccc3c(c2)OCC3O)c(Cl)c1. The Morgan fingerprint density at radius 1 is 1.33 bits per heavy atom. The van der Waals surface area contributed by atoms with Gasteiger partial charge in [-0.25, -0.2) is 0 Å². The summed E-state index contributed by atoms with van der Waals surface area (Å²) in [5.41, 5.74) is 2.10. The Bertz CT molecular complexity index is 724. The maximum Gasteiger partial charge on any atom is 0.129 e. The van der Waals surface area contributed by atoms with Gasteiger partial charge in [-0.3, -0.25) is 0 Å². The van der Waals surface area contributed by atoms with E-state index in [1.54, 1.807) is 36.4 Å². The first-order chi connectivity index (χ1) is 10.2. The zero-order chi connectivity index (χ0) is 14.8. The van der Waals surface area contributed by atoms with Gasteiger partial charge < -0.3 is 14.6 Å². The van der Waals surface area contributed by atoms with E-state index in [1.807, 2.05) is 6.07 Å². The molecule has 0 saturated carbocycles. The molecule has 1 N–H and O–H groups in total. The van der Waals surface area contributed by atoms with Gasteiger partial charge in [0.1, 0.15) is 30.8 Å². The molecule has 5 heteroatoms. The highest BCUT2D eigenvalue weighted by Gasteiger charge is 2.22. The molecule has 21 heavy (non-hydrogen) atoms. The molecule has 106 valence electrons. The topological polar surface area (TPSA) is 62.5 Å². The van der Waals surface area contributed by atoms with Gasteiger partial charge in [-0.2, -0.15) is 5.26 Å². The summed E-state index contributed by atoms with van der Waals surface area (Å²) in [6.45, 7) is 0.576. The summed E-state index contributed by atoms with van der Waals surface area (Å²) in [7, 11) is 0. The molecule has 0 aliphatic carbocycles. The average Bonchev–Trinajstić information content (AvgIpc) is 2.87. The fourth-order valence-electron chi connectivity index (χ4n) is 2.16. The Balaban J connectivity index is 1.72. The number of fused-ring (bicyclic) bond motifs is 1. The summed E-state index contributed by atoms with van der Waals surface area (Å²) >= 11 is 6.10. The molecule has 1 aliphatic heterocycles. The van der Waals surface area contributed by atoms with Gasteiger partial charge in [0, 0.05) is 22.2 Å². The number of hydrogen-bond donors (Lipinski definition) is 1. The second kappa shape index (κ2) is 5.65. The van der Waals surface area contributed by atoms with Crippen LogP contribution in [-0.2, 0) is 6.61 Å². The molecule has 2 aromatic rings. The number of aliphatic hydroxyl groups excluding tert-OH is 1. The second-order valence-electron chi connectivity index (χ2n) is 4.73. The molecule has 2 aromatic carbocycles. The third kappa shape index (κ3) is 2.80. The molecule has 0 radical (unpaired) electrons. The Morgan fingerprint density at radius 3 is 2.95 bits per heavy atom. The molecule has 0 spiro atoms. The normalized spacial score (nSPS) is 16.0. The van der Waals surface area contributed by atoms with E-state index in [1.165, 1.54) is 0 Å². The molecule has 1 unspecified atom stereocenters. The number of benzene rings is 2. The van der Waals surface area contributed by atoms with Crippen LogP contribution in [-0.4, -0.2) is 11.7 Å². The van der Waals surface area contributed by atoms with E-state index >= 15 is 0 Å². The zero-order valence-electron chi connectivity index (χ0n) is 11.0. The van der Waals surface area contributed by atoms with E-state index in [9.17, 15) is 5.11 Å². The van der Waals surface area contributed by atoms with Crippen LogP contribution in [0.25, 0.3) is 0 Å². The van der Waals surface area contributed by atoms with Crippen LogP contribution in [0.3, 0.4) is 0 Å². The van der Waals surface area contributed by atoms with E-state index in [-0.39, 0.29) is 6.61 Å². The number of nitrogens with zero attached hydrogens (tertiary/aromatic N) is 1. The Hall–Kier alpha value is -2.22. The van der Waals surface area contributed by atoms with Gasteiger partial charge in [0.25, 0.3) is 0 Å². The van der Waals surface area contributed by atoms with Crippen molar-refractivity contribution in [1.29, 1.82) is 5.26 Å². The molecular formula is C16H12ClNO3. The van der Waals surface area contributed by atoms with Crippen molar-refractivity contribution in [2.24, 2.45) is 0 Å². The van der Waals surface area contributed by atoms with Crippen molar-refractivity contribution in [3.8, 4) is 17.6 Å². The van der Waals surface area contributed by atoms with Crippen LogP contribution in [0.1, 0.15) is 22.8 Å². The van der Waals surface area contributed by atoms with Crippen LogP contribution < -0.4 is 9.47 Å². The van der Waals surface area contributed by atoms with Crippen LogP contribution in [0.4, 0.5) is 0 Å². The van der Waals surface area contributed by atoms with Crippen LogP contribution in [0.5, 0.6) is 11.5 Å². The molecule has 0 saturated heterocycles. The maximum atomic E-state index is 9.66.